The quantitative estimate of drug-likeness (QED) is 0.920. The maximum atomic E-state index is 5.94. The zero-order valence-corrected chi connectivity index (χ0v) is 13.4. The van der Waals surface area contributed by atoms with Crippen molar-refractivity contribution in [1.29, 1.82) is 0 Å². The van der Waals surface area contributed by atoms with Crippen LogP contribution in [0, 0.1) is 0 Å². The molecule has 1 fully saturated rings. The number of fused-ring (bicyclic) bond motifs is 1. The Balaban J connectivity index is 1.85. The topological polar surface area (TPSA) is 47.7 Å². The molecular formula is C16H22N2O2S. The molecule has 1 aromatic heterocycles. The molecule has 21 heavy (non-hydrogen) atoms. The minimum absolute atomic E-state index is 0.154. The lowest BCUT2D eigenvalue weighted by atomic mass is 10.1. The van der Waals surface area contributed by atoms with E-state index < -0.39 is 0 Å². The summed E-state index contributed by atoms with van der Waals surface area (Å²) in [7, 11) is 3.51. The predicted octanol–water partition coefficient (Wildman–Crippen LogP) is 2.21. The van der Waals surface area contributed by atoms with Crippen LogP contribution >= 0.6 is 11.3 Å². The highest BCUT2D eigenvalue weighted by atomic mass is 32.1. The number of benzene rings is 1. The smallest absolute Gasteiger partial charge is 0.0971 e. The van der Waals surface area contributed by atoms with Gasteiger partial charge in [-0.15, -0.1) is 11.3 Å². The Morgan fingerprint density at radius 2 is 1.86 bits per heavy atom. The molecule has 1 aliphatic rings. The molecule has 0 spiro atoms. The van der Waals surface area contributed by atoms with Crippen molar-refractivity contribution in [3.63, 3.8) is 0 Å². The standard InChI is InChI=1S/C16H22N2O2S/c1-19-13-9-18(10-14(13)20-2)8-12-11-5-3-4-6-15(11)21-16(12)7-17/h3-6,13-14H,7-10,17H2,1-2H3. The fraction of sp³-hybridized carbons (Fsp3) is 0.500. The second kappa shape index (κ2) is 6.42. The number of nitrogens with two attached hydrogens (primary N) is 1. The molecule has 2 aromatic rings. The Labute approximate surface area is 129 Å². The normalized spacial score (nSPS) is 23.2. The molecule has 2 atom stereocenters. The van der Waals surface area contributed by atoms with Gasteiger partial charge in [0.25, 0.3) is 0 Å². The van der Waals surface area contributed by atoms with Gasteiger partial charge in [0.2, 0.25) is 0 Å². The van der Waals surface area contributed by atoms with E-state index in [2.05, 4.69) is 29.2 Å². The predicted molar refractivity (Wildman–Crippen MR) is 86.6 cm³/mol. The Morgan fingerprint density at radius 3 is 2.48 bits per heavy atom. The summed E-state index contributed by atoms with van der Waals surface area (Å²) in [6.45, 7) is 3.33. The third-order valence-electron chi connectivity index (χ3n) is 4.25. The monoisotopic (exact) mass is 306 g/mol. The lowest BCUT2D eigenvalue weighted by Gasteiger charge is -2.16. The lowest BCUT2D eigenvalue weighted by Crippen LogP contribution is -2.27. The van der Waals surface area contributed by atoms with Gasteiger partial charge in [0.05, 0.1) is 12.2 Å². The van der Waals surface area contributed by atoms with Crippen LogP contribution in [0.1, 0.15) is 10.4 Å². The molecular weight excluding hydrogens is 284 g/mol. The van der Waals surface area contributed by atoms with Gasteiger partial charge in [-0.25, -0.2) is 0 Å². The first kappa shape index (κ1) is 14.9. The highest BCUT2D eigenvalue weighted by Gasteiger charge is 2.33. The molecule has 0 radical (unpaired) electrons. The number of hydrogen-bond acceptors (Lipinski definition) is 5. The van der Waals surface area contributed by atoms with Crippen LogP contribution in [0.5, 0.6) is 0 Å². The second-order valence-electron chi connectivity index (χ2n) is 5.45. The maximum Gasteiger partial charge on any atom is 0.0971 e. The molecule has 0 aliphatic carbocycles. The summed E-state index contributed by atoms with van der Waals surface area (Å²) in [5.41, 5.74) is 7.30. The molecule has 2 unspecified atom stereocenters. The van der Waals surface area contributed by atoms with E-state index in [0.717, 1.165) is 19.6 Å². The third kappa shape index (κ3) is 2.84. The van der Waals surface area contributed by atoms with Crippen molar-refractivity contribution in [2.24, 2.45) is 5.73 Å². The van der Waals surface area contributed by atoms with Crippen molar-refractivity contribution in [3.05, 3.63) is 34.7 Å². The van der Waals surface area contributed by atoms with Crippen molar-refractivity contribution < 1.29 is 9.47 Å². The summed E-state index contributed by atoms with van der Waals surface area (Å²) in [5.74, 6) is 0. The average molecular weight is 306 g/mol. The first-order valence-corrected chi connectivity index (χ1v) is 8.05. The Morgan fingerprint density at radius 1 is 1.19 bits per heavy atom. The average Bonchev–Trinajstić information content (AvgIpc) is 3.08. The molecule has 5 heteroatoms. The van der Waals surface area contributed by atoms with Gasteiger partial charge in [0, 0.05) is 50.0 Å². The van der Waals surface area contributed by atoms with Crippen LogP contribution in [0.3, 0.4) is 0 Å². The van der Waals surface area contributed by atoms with Crippen LogP contribution in [-0.2, 0) is 22.6 Å². The van der Waals surface area contributed by atoms with E-state index in [-0.39, 0.29) is 12.2 Å². The number of ether oxygens (including phenoxy) is 2. The fourth-order valence-corrected chi connectivity index (χ4v) is 4.21. The van der Waals surface area contributed by atoms with Crippen LogP contribution in [0.15, 0.2) is 24.3 Å². The molecule has 1 saturated heterocycles. The number of rotatable bonds is 5. The van der Waals surface area contributed by atoms with Crippen molar-refractivity contribution in [2.75, 3.05) is 27.3 Å². The number of likely N-dealkylation sites (tertiary alicyclic amines) is 1. The van der Waals surface area contributed by atoms with Gasteiger partial charge in [-0.1, -0.05) is 18.2 Å². The van der Waals surface area contributed by atoms with Crippen LogP contribution in [0.4, 0.5) is 0 Å². The van der Waals surface area contributed by atoms with Gasteiger partial charge >= 0.3 is 0 Å². The summed E-state index contributed by atoms with van der Waals surface area (Å²) in [6.07, 6.45) is 0.308. The first-order valence-electron chi connectivity index (χ1n) is 7.24. The maximum absolute atomic E-state index is 5.94. The zero-order valence-electron chi connectivity index (χ0n) is 12.5. The van der Waals surface area contributed by atoms with Gasteiger partial charge in [0.1, 0.15) is 0 Å². The van der Waals surface area contributed by atoms with Crippen LogP contribution in [-0.4, -0.2) is 44.4 Å². The lowest BCUT2D eigenvalue weighted by molar-refractivity contribution is -0.00461. The van der Waals surface area contributed by atoms with Crippen molar-refractivity contribution in [2.45, 2.75) is 25.3 Å². The molecule has 0 amide bonds. The summed E-state index contributed by atoms with van der Waals surface area (Å²) < 4.78 is 12.4. The minimum Gasteiger partial charge on any atom is -0.377 e. The van der Waals surface area contributed by atoms with Gasteiger partial charge in [-0.05, 0) is 17.0 Å². The first-order chi connectivity index (χ1) is 10.3. The Hall–Kier alpha value is -0.980. The van der Waals surface area contributed by atoms with E-state index in [1.807, 2.05) is 0 Å². The zero-order chi connectivity index (χ0) is 14.8. The van der Waals surface area contributed by atoms with E-state index in [0.29, 0.717) is 6.54 Å². The third-order valence-corrected chi connectivity index (χ3v) is 5.48. The van der Waals surface area contributed by atoms with E-state index >= 15 is 0 Å². The van der Waals surface area contributed by atoms with Gasteiger partial charge in [-0.3, -0.25) is 4.90 Å². The fourth-order valence-electron chi connectivity index (χ4n) is 3.11. The van der Waals surface area contributed by atoms with Crippen molar-refractivity contribution in [1.82, 2.24) is 4.90 Å². The number of thiophene rings is 1. The summed E-state index contributed by atoms with van der Waals surface area (Å²) >= 11 is 1.81. The van der Waals surface area contributed by atoms with Crippen LogP contribution < -0.4 is 5.73 Å². The van der Waals surface area contributed by atoms with E-state index in [9.17, 15) is 0 Å². The highest BCUT2D eigenvalue weighted by molar-refractivity contribution is 7.19. The summed E-state index contributed by atoms with van der Waals surface area (Å²) in [6, 6.07) is 8.54. The molecule has 2 N–H and O–H groups in total. The molecule has 3 rings (SSSR count). The second-order valence-corrected chi connectivity index (χ2v) is 6.58. The number of methoxy groups -OCH3 is 2. The molecule has 2 heterocycles. The van der Waals surface area contributed by atoms with Crippen LogP contribution in [0.25, 0.3) is 10.1 Å². The number of nitrogens with zero attached hydrogens (tertiary/aromatic N) is 1. The molecule has 1 aromatic carbocycles. The molecule has 0 saturated carbocycles. The minimum atomic E-state index is 0.154. The van der Waals surface area contributed by atoms with Crippen LogP contribution in [0.2, 0.25) is 0 Å². The van der Waals surface area contributed by atoms with Gasteiger partial charge in [-0.2, -0.15) is 0 Å². The Kier molecular flexibility index (Phi) is 4.57. The van der Waals surface area contributed by atoms with E-state index in [1.54, 1.807) is 25.6 Å². The largest absolute Gasteiger partial charge is 0.377 e. The Bertz CT molecular complexity index is 601. The van der Waals surface area contributed by atoms with Gasteiger partial charge < -0.3 is 15.2 Å². The SMILES string of the molecule is COC1CN(Cc2c(CN)sc3ccccc23)CC1OC. The molecule has 1 aliphatic heterocycles. The number of hydrogen-bond donors (Lipinski definition) is 1. The highest BCUT2D eigenvalue weighted by Crippen LogP contribution is 2.33. The summed E-state index contributed by atoms with van der Waals surface area (Å²) in [5, 5.41) is 1.33. The van der Waals surface area contributed by atoms with E-state index in [4.69, 9.17) is 15.2 Å². The van der Waals surface area contributed by atoms with Gasteiger partial charge in [0.15, 0.2) is 0 Å². The van der Waals surface area contributed by atoms with Crippen molar-refractivity contribution >= 4 is 21.4 Å². The molecule has 114 valence electrons. The molecule has 0 bridgehead atoms. The molecule has 4 nitrogen and oxygen atoms in total. The summed E-state index contributed by atoms with van der Waals surface area (Å²) in [4.78, 5) is 3.68. The van der Waals surface area contributed by atoms with E-state index in [1.165, 1.54) is 20.5 Å². The van der Waals surface area contributed by atoms with Crippen molar-refractivity contribution in [3.8, 4) is 0 Å².